The summed E-state index contributed by atoms with van der Waals surface area (Å²) in [5.41, 5.74) is 1.34. The van der Waals surface area contributed by atoms with E-state index in [2.05, 4.69) is 44.7 Å². The highest BCUT2D eigenvalue weighted by molar-refractivity contribution is 9.11. The number of rotatable bonds is 4. The van der Waals surface area contributed by atoms with E-state index in [-0.39, 0.29) is 0 Å². The summed E-state index contributed by atoms with van der Waals surface area (Å²) in [6.45, 7) is 5.48. The predicted molar refractivity (Wildman–Crippen MR) is 54.1 cm³/mol. The molecule has 11 heavy (non-hydrogen) atoms. The number of halogens is 1. The van der Waals surface area contributed by atoms with E-state index >= 15 is 0 Å². The molecule has 1 heterocycles. The van der Waals surface area contributed by atoms with Crippen LogP contribution in [0.3, 0.4) is 0 Å². The van der Waals surface area contributed by atoms with E-state index < -0.39 is 0 Å². The molecule has 60 valence electrons. The molecule has 1 aromatic heterocycles. The van der Waals surface area contributed by atoms with E-state index in [0.29, 0.717) is 0 Å². The molecule has 1 N–H and O–H groups in total. The maximum Gasteiger partial charge on any atom is 0.0268 e. The summed E-state index contributed by atoms with van der Waals surface area (Å²) in [6, 6.07) is 2.12. The molecule has 0 saturated heterocycles. The molecule has 0 amide bonds. The second kappa shape index (κ2) is 4.70. The third-order valence-electron chi connectivity index (χ3n) is 1.23. The van der Waals surface area contributed by atoms with Crippen LogP contribution < -0.4 is 5.32 Å². The van der Waals surface area contributed by atoms with Crippen LogP contribution in [-0.2, 0) is 6.54 Å². The lowest BCUT2D eigenvalue weighted by Crippen LogP contribution is -2.13. The van der Waals surface area contributed by atoms with Crippen LogP contribution in [0.5, 0.6) is 0 Å². The van der Waals surface area contributed by atoms with Gasteiger partial charge in [-0.3, -0.25) is 0 Å². The molecule has 1 nitrogen and oxygen atoms in total. The second-order valence-electron chi connectivity index (χ2n) is 2.25. The van der Waals surface area contributed by atoms with Crippen molar-refractivity contribution in [3.05, 3.63) is 33.5 Å². The fourth-order valence-electron chi connectivity index (χ4n) is 0.736. The quantitative estimate of drug-likeness (QED) is 0.841. The van der Waals surface area contributed by atoms with Crippen LogP contribution in [0.15, 0.2) is 27.9 Å². The molecule has 1 aromatic rings. The SMILES string of the molecule is C=C(Br)CNCc1ccsc1. The highest BCUT2D eigenvalue weighted by Gasteiger charge is 1.91. The van der Waals surface area contributed by atoms with Gasteiger partial charge < -0.3 is 5.32 Å². The topological polar surface area (TPSA) is 12.0 Å². The minimum absolute atomic E-state index is 0.829. The first-order valence-corrected chi connectivity index (χ1v) is 5.07. The molecule has 0 radical (unpaired) electrons. The largest absolute Gasteiger partial charge is 0.308 e. The molecule has 0 aliphatic carbocycles. The van der Waals surface area contributed by atoms with Crippen molar-refractivity contribution in [2.24, 2.45) is 0 Å². The van der Waals surface area contributed by atoms with Gasteiger partial charge in [-0.2, -0.15) is 11.3 Å². The Kier molecular flexibility index (Phi) is 3.83. The standard InChI is InChI=1S/C8H10BrNS/c1-7(9)4-10-5-8-2-3-11-6-8/h2-3,6,10H,1,4-5H2. The highest BCUT2D eigenvalue weighted by Crippen LogP contribution is 2.05. The molecular weight excluding hydrogens is 222 g/mol. The molecule has 3 heteroatoms. The molecule has 0 spiro atoms. The number of nitrogens with one attached hydrogen (secondary N) is 1. The van der Waals surface area contributed by atoms with E-state index in [1.807, 2.05) is 0 Å². The fraction of sp³-hybridized carbons (Fsp3) is 0.250. The first-order valence-electron chi connectivity index (χ1n) is 3.34. The molecule has 0 aliphatic heterocycles. The van der Waals surface area contributed by atoms with Gasteiger partial charge >= 0.3 is 0 Å². The van der Waals surface area contributed by atoms with Crippen molar-refractivity contribution < 1.29 is 0 Å². The van der Waals surface area contributed by atoms with Gasteiger partial charge in [-0.05, 0) is 22.4 Å². The van der Waals surface area contributed by atoms with Gasteiger partial charge in [0.25, 0.3) is 0 Å². The fourth-order valence-corrected chi connectivity index (χ4v) is 1.60. The van der Waals surface area contributed by atoms with Crippen LogP contribution in [0.4, 0.5) is 0 Å². The molecule has 0 aliphatic rings. The van der Waals surface area contributed by atoms with E-state index in [0.717, 1.165) is 17.6 Å². The Balaban J connectivity index is 2.19. The number of thiophene rings is 1. The first kappa shape index (κ1) is 8.97. The van der Waals surface area contributed by atoms with Gasteiger partial charge in [0.2, 0.25) is 0 Å². The lowest BCUT2D eigenvalue weighted by atomic mass is 10.3. The normalized spacial score (nSPS) is 9.91. The van der Waals surface area contributed by atoms with Crippen molar-refractivity contribution in [3.8, 4) is 0 Å². The maximum atomic E-state index is 3.73. The lowest BCUT2D eigenvalue weighted by Gasteiger charge is -1.99. The summed E-state index contributed by atoms with van der Waals surface area (Å²) < 4.78 is 0.993. The average molecular weight is 232 g/mol. The van der Waals surface area contributed by atoms with Crippen LogP contribution in [0, 0.1) is 0 Å². The third-order valence-corrected chi connectivity index (χ3v) is 2.24. The Morgan fingerprint density at radius 3 is 3.09 bits per heavy atom. The van der Waals surface area contributed by atoms with Crippen molar-refractivity contribution in [1.29, 1.82) is 0 Å². The van der Waals surface area contributed by atoms with Crippen LogP contribution in [0.25, 0.3) is 0 Å². The molecule has 0 aromatic carbocycles. The van der Waals surface area contributed by atoms with Gasteiger partial charge in [0.05, 0.1) is 0 Å². The van der Waals surface area contributed by atoms with Crippen LogP contribution in [0.1, 0.15) is 5.56 Å². The lowest BCUT2D eigenvalue weighted by molar-refractivity contribution is 0.759. The summed E-state index contributed by atoms with van der Waals surface area (Å²) in [5.74, 6) is 0. The van der Waals surface area contributed by atoms with Crippen molar-refractivity contribution in [1.82, 2.24) is 5.32 Å². The van der Waals surface area contributed by atoms with E-state index in [4.69, 9.17) is 0 Å². The summed E-state index contributed by atoms with van der Waals surface area (Å²) in [6.07, 6.45) is 0. The Morgan fingerprint density at radius 2 is 2.55 bits per heavy atom. The Hall–Kier alpha value is -0.120. The molecule has 0 unspecified atom stereocenters. The smallest absolute Gasteiger partial charge is 0.0268 e. The monoisotopic (exact) mass is 231 g/mol. The first-order chi connectivity index (χ1) is 5.29. The van der Waals surface area contributed by atoms with E-state index in [1.165, 1.54) is 5.56 Å². The maximum absolute atomic E-state index is 3.73. The second-order valence-corrected chi connectivity index (χ2v) is 4.15. The third kappa shape index (κ3) is 3.70. The van der Waals surface area contributed by atoms with E-state index in [9.17, 15) is 0 Å². The Bertz CT molecular complexity index is 218. The molecule has 0 fully saturated rings. The zero-order valence-corrected chi connectivity index (χ0v) is 8.54. The van der Waals surface area contributed by atoms with Gasteiger partial charge in [-0.1, -0.05) is 22.5 Å². The van der Waals surface area contributed by atoms with Gasteiger partial charge in [-0.15, -0.1) is 0 Å². The van der Waals surface area contributed by atoms with Crippen molar-refractivity contribution in [2.45, 2.75) is 6.54 Å². The Morgan fingerprint density at radius 1 is 1.73 bits per heavy atom. The minimum Gasteiger partial charge on any atom is -0.308 e. The summed E-state index contributed by atoms with van der Waals surface area (Å²) in [7, 11) is 0. The summed E-state index contributed by atoms with van der Waals surface area (Å²) in [4.78, 5) is 0. The Labute approximate surface area is 79.3 Å². The highest BCUT2D eigenvalue weighted by atomic mass is 79.9. The van der Waals surface area contributed by atoms with Gasteiger partial charge in [-0.25, -0.2) is 0 Å². The zero-order chi connectivity index (χ0) is 8.10. The molecule has 1 rings (SSSR count). The molecule has 0 atom stereocenters. The van der Waals surface area contributed by atoms with Crippen LogP contribution >= 0.6 is 27.3 Å². The average Bonchev–Trinajstić information content (AvgIpc) is 2.39. The van der Waals surface area contributed by atoms with Gasteiger partial charge in [0.1, 0.15) is 0 Å². The molecular formula is C8H10BrNS. The minimum atomic E-state index is 0.829. The summed E-state index contributed by atoms with van der Waals surface area (Å²) in [5, 5.41) is 7.47. The van der Waals surface area contributed by atoms with Crippen LogP contribution in [-0.4, -0.2) is 6.54 Å². The van der Waals surface area contributed by atoms with Crippen molar-refractivity contribution in [3.63, 3.8) is 0 Å². The number of hydrogen-bond acceptors (Lipinski definition) is 2. The predicted octanol–water partition coefficient (Wildman–Crippen LogP) is 2.75. The van der Waals surface area contributed by atoms with Crippen molar-refractivity contribution in [2.75, 3.05) is 6.54 Å². The summed E-state index contributed by atoms with van der Waals surface area (Å²) >= 11 is 5.01. The molecule has 0 bridgehead atoms. The van der Waals surface area contributed by atoms with Gasteiger partial charge in [0, 0.05) is 17.6 Å². The van der Waals surface area contributed by atoms with Crippen LogP contribution in [0.2, 0.25) is 0 Å². The molecule has 0 saturated carbocycles. The zero-order valence-electron chi connectivity index (χ0n) is 6.14. The van der Waals surface area contributed by atoms with Gasteiger partial charge in [0.15, 0.2) is 0 Å². The van der Waals surface area contributed by atoms with Crippen molar-refractivity contribution >= 4 is 27.3 Å². The number of hydrogen-bond donors (Lipinski definition) is 1. The van der Waals surface area contributed by atoms with E-state index in [1.54, 1.807) is 11.3 Å².